The van der Waals surface area contributed by atoms with Gasteiger partial charge in [0.05, 0.1) is 13.2 Å². The van der Waals surface area contributed by atoms with Gasteiger partial charge in [-0.15, -0.1) is 0 Å². The van der Waals surface area contributed by atoms with E-state index in [1.807, 2.05) is 0 Å². The number of phenols is 1. The Balaban J connectivity index is 1.35. The molecule has 0 heterocycles. The van der Waals surface area contributed by atoms with Crippen LogP contribution in [0.25, 0.3) is 11.1 Å². The molecule has 3 aromatic carbocycles. The zero-order valence-corrected chi connectivity index (χ0v) is 18.5. The second-order valence-corrected chi connectivity index (χ2v) is 8.43. The van der Waals surface area contributed by atoms with E-state index in [9.17, 15) is 18.3 Å². The first-order valence-electron chi connectivity index (χ1n) is 11.3. The summed E-state index contributed by atoms with van der Waals surface area (Å²) in [5, 5.41) is 9.41. The van der Waals surface area contributed by atoms with Gasteiger partial charge < -0.3 is 14.6 Å². The third-order valence-corrected chi connectivity index (χ3v) is 6.27. The molecule has 1 aliphatic carbocycles. The average Bonchev–Trinajstić information content (AvgIpc) is 2.82. The van der Waals surface area contributed by atoms with Crippen molar-refractivity contribution in [1.82, 2.24) is 0 Å². The lowest BCUT2D eigenvalue weighted by molar-refractivity contribution is 0.198. The maximum atomic E-state index is 14.9. The third kappa shape index (κ3) is 5.27. The van der Waals surface area contributed by atoms with Gasteiger partial charge in [-0.05, 0) is 79.8 Å². The van der Waals surface area contributed by atoms with Crippen molar-refractivity contribution in [3.63, 3.8) is 0 Å². The molecule has 0 spiro atoms. The molecule has 0 aromatic heterocycles. The Morgan fingerprint density at radius 3 is 2.24 bits per heavy atom. The molecule has 1 aliphatic rings. The molecule has 1 saturated carbocycles. The number of halogens is 3. The second kappa shape index (κ2) is 10.2. The van der Waals surface area contributed by atoms with Crippen LogP contribution in [0.2, 0.25) is 0 Å². The molecule has 0 unspecified atom stereocenters. The van der Waals surface area contributed by atoms with Crippen LogP contribution in [0.15, 0.2) is 54.6 Å². The predicted molar refractivity (Wildman–Crippen MR) is 121 cm³/mol. The Kier molecular flexibility index (Phi) is 7.11. The van der Waals surface area contributed by atoms with E-state index in [0.29, 0.717) is 30.1 Å². The largest absolute Gasteiger partial charge is 0.508 e. The third-order valence-electron chi connectivity index (χ3n) is 6.27. The lowest BCUT2D eigenvalue weighted by Gasteiger charge is -2.29. The number of rotatable bonds is 7. The van der Waals surface area contributed by atoms with Gasteiger partial charge in [-0.25, -0.2) is 13.2 Å². The zero-order valence-electron chi connectivity index (χ0n) is 18.5. The summed E-state index contributed by atoms with van der Waals surface area (Å²) in [5.74, 6) is -1.15. The molecule has 0 amide bonds. The standard InChI is InChI=1S/C27H27F3O3/c1-2-32-25-14-11-21(15-24(25)28)33-16-17-3-5-18(6-4-17)22-12-13-23(27(30)26(22)29)19-7-9-20(31)10-8-19/h7-15,17-18,31H,2-6,16H2,1H3. The second-order valence-electron chi connectivity index (χ2n) is 8.43. The van der Waals surface area contributed by atoms with E-state index in [-0.39, 0.29) is 28.9 Å². The van der Waals surface area contributed by atoms with Gasteiger partial charge in [0.25, 0.3) is 0 Å². The maximum absolute atomic E-state index is 14.9. The van der Waals surface area contributed by atoms with E-state index in [0.717, 1.165) is 25.7 Å². The summed E-state index contributed by atoms with van der Waals surface area (Å²) in [6.07, 6.45) is 3.12. The molecular formula is C27H27F3O3. The number of phenolic OH excluding ortho intramolecular Hbond substituents is 1. The minimum absolute atomic E-state index is 0.0486. The minimum atomic E-state index is -0.860. The highest BCUT2D eigenvalue weighted by Gasteiger charge is 2.27. The zero-order chi connectivity index (χ0) is 23.4. The summed E-state index contributed by atoms with van der Waals surface area (Å²) >= 11 is 0. The molecule has 0 bridgehead atoms. The lowest BCUT2D eigenvalue weighted by Crippen LogP contribution is -2.20. The highest BCUT2D eigenvalue weighted by molar-refractivity contribution is 5.65. The molecule has 0 aliphatic heterocycles. The van der Waals surface area contributed by atoms with Crippen LogP contribution in [0, 0.1) is 23.4 Å². The highest BCUT2D eigenvalue weighted by Crippen LogP contribution is 2.39. The summed E-state index contributed by atoms with van der Waals surface area (Å²) in [5.41, 5.74) is 1.10. The van der Waals surface area contributed by atoms with Gasteiger partial charge in [0.2, 0.25) is 0 Å². The molecule has 3 aromatic rings. The van der Waals surface area contributed by atoms with Crippen LogP contribution in [-0.4, -0.2) is 18.3 Å². The van der Waals surface area contributed by atoms with Crippen LogP contribution < -0.4 is 9.47 Å². The van der Waals surface area contributed by atoms with E-state index in [4.69, 9.17) is 9.47 Å². The minimum Gasteiger partial charge on any atom is -0.508 e. The quantitative estimate of drug-likeness (QED) is 0.408. The van der Waals surface area contributed by atoms with Crippen molar-refractivity contribution >= 4 is 0 Å². The van der Waals surface area contributed by atoms with Crippen LogP contribution in [0.3, 0.4) is 0 Å². The summed E-state index contributed by atoms with van der Waals surface area (Å²) < 4.78 is 54.7. The first-order valence-corrected chi connectivity index (χ1v) is 11.3. The van der Waals surface area contributed by atoms with Crippen LogP contribution in [0.1, 0.15) is 44.1 Å². The SMILES string of the molecule is CCOc1ccc(OCC2CCC(c3ccc(-c4ccc(O)cc4)c(F)c3F)CC2)cc1F. The molecule has 1 N–H and O–H groups in total. The number of benzene rings is 3. The normalized spacial score (nSPS) is 18.2. The van der Waals surface area contributed by atoms with E-state index < -0.39 is 17.5 Å². The van der Waals surface area contributed by atoms with Crippen LogP contribution in [0.5, 0.6) is 17.2 Å². The van der Waals surface area contributed by atoms with Crippen LogP contribution in [-0.2, 0) is 0 Å². The average molecular weight is 457 g/mol. The van der Waals surface area contributed by atoms with Gasteiger partial charge in [0.1, 0.15) is 11.5 Å². The van der Waals surface area contributed by atoms with Crippen molar-refractivity contribution in [2.75, 3.05) is 13.2 Å². The number of ether oxygens (including phenoxy) is 2. The summed E-state index contributed by atoms with van der Waals surface area (Å²) in [6, 6.07) is 13.9. The van der Waals surface area contributed by atoms with E-state index in [1.54, 1.807) is 43.3 Å². The van der Waals surface area contributed by atoms with Gasteiger partial charge in [-0.3, -0.25) is 0 Å². The highest BCUT2D eigenvalue weighted by atomic mass is 19.2. The first kappa shape index (κ1) is 23.0. The van der Waals surface area contributed by atoms with Crippen molar-refractivity contribution in [1.29, 1.82) is 0 Å². The molecular weight excluding hydrogens is 429 g/mol. The molecule has 1 fully saturated rings. The molecule has 33 heavy (non-hydrogen) atoms. The van der Waals surface area contributed by atoms with Gasteiger partial charge in [0.15, 0.2) is 23.2 Å². The molecule has 0 saturated heterocycles. The van der Waals surface area contributed by atoms with Crippen molar-refractivity contribution in [3.8, 4) is 28.4 Å². The summed E-state index contributed by atoms with van der Waals surface area (Å²) in [7, 11) is 0. The van der Waals surface area contributed by atoms with Gasteiger partial charge in [-0.2, -0.15) is 0 Å². The predicted octanol–water partition coefficient (Wildman–Crippen LogP) is 7.23. The topological polar surface area (TPSA) is 38.7 Å². The number of aromatic hydroxyl groups is 1. The van der Waals surface area contributed by atoms with Crippen molar-refractivity contribution in [2.45, 2.75) is 38.5 Å². The van der Waals surface area contributed by atoms with Crippen LogP contribution in [0.4, 0.5) is 13.2 Å². The molecule has 4 rings (SSSR count). The Labute approximate surface area is 191 Å². The molecule has 3 nitrogen and oxygen atoms in total. The number of hydrogen-bond acceptors (Lipinski definition) is 3. The number of hydrogen-bond donors (Lipinski definition) is 1. The van der Waals surface area contributed by atoms with E-state index in [2.05, 4.69) is 0 Å². The van der Waals surface area contributed by atoms with Crippen molar-refractivity contribution < 1.29 is 27.8 Å². The summed E-state index contributed by atoms with van der Waals surface area (Å²) in [4.78, 5) is 0. The monoisotopic (exact) mass is 456 g/mol. The Morgan fingerprint density at radius 1 is 0.848 bits per heavy atom. The van der Waals surface area contributed by atoms with Crippen molar-refractivity contribution in [3.05, 3.63) is 77.6 Å². The fourth-order valence-electron chi connectivity index (χ4n) is 4.44. The first-order chi connectivity index (χ1) is 16.0. The van der Waals surface area contributed by atoms with Gasteiger partial charge in [-0.1, -0.05) is 24.3 Å². The van der Waals surface area contributed by atoms with E-state index in [1.165, 1.54) is 18.2 Å². The molecule has 6 heteroatoms. The Bertz CT molecular complexity index is 1090. The van der Waals surface area contributed by atoms with Crippen molar-refractivity contribution in [2.24, 2.45) is 5.92 Å². The summed E-state index contributed by atoms with van der Waals surface area (Å²) in [6.45, 7) is 2.64. The Hall–Kier alpha value is -3.15. The molecule has 0 radical (unpaired) electrons. The maximum Gasteiger partial charge on any atom is 0.168 e. The van der Waals surface area contributed by atoms with Gasteiger partial charge >= 0.3 is 0 Å². The molecule has 174 valence electrons. The fraction of sp³-hybridized carbons (Fsp3) is 0.333. The van der Waals surface area contributed by atoms with Gasteiger partial charge in [0, 0.05) is 11.6 Å². The van der Waals surface area contributed by atoms with E-state index >= 15 is 0 Å². The molecule has 0 atom stereocenters. The smallest absolute Gasteiger partial charge is 0.168 e. The Morgan fingerprint density at radius 2 is 1.58 bits per heavy atom. The lowest BCUT2D eigenvalue weighted by atomic mass is 9.78. The van der Waals surface area contributed by atoms with Crippen LogP contribution >= 0.6 is 0 Å². The fourth-order valence-corrected chi connectivity index (χ4v) is 4.44.